The maximum Gasteiger partial charge on any atom is 0.227 e. The van der Waals surface area contributed by atoms with E-state index >= 15 is 0 Å². The van der Waals surface area contributed by atoms with Gasteiger partial charge in [0.1, 0.15) is 0 Å². The Bertz CT molecular complexity index is 1160. The van der Waals surface area contributed by atoms with E-state index in [1.54, 1.807) is 12.4 Å². The molecule has 29 heavy (non-hydrogen) atoms. The van der Waals surface area contributed by atoms with Crippen molar-refractivity contribution in [3.05, 3.63) is 96.8 Å². The van der Waals surface area contributed by atoms with Gasteiger partial charge in [-0.2, -0.15) is 0 Å². The molecule has 0 unspecified atom stereocenters. The lowest BCUT2D eigenvalue weighted by Crippen LogP contribution is -1.88. The minimum absolute atomic E-state index is 0.582. The smallest absolute Gasteiger partial charge is 0.227 e. The fraction of sp³-hybridized carbons (Fsp3) is 0.0400. The molecule has 5 aromatic rings. The number of hydrogen-bond donors (Lipinski definition) is 0. The summed E-state index contributed by atoms with van der Waals surface area (Å²) in [5.41, 5.74) is 4.85. The molecule has 0 amide bonds. The molecule has 2 heterocycles. The van der Waals surface area contributed by atoms with E-state index in [9.17, 15) is 0 Å². The van der Waals surface area contributed by atoms with E-state index in [0.29, 0.717) is 11.8 Å². The van der Waals surface area contributed by atoms with Crippen molar-refractivity contribution < 1.29 is 8.83 Å². The van der Waals surface area contributed by atoms with E-state index in [4.69, 9.17) is 8.83 Å². The Morgan fingerprint density at radius 3 is 1.45 bits per heavy atom. The molecule has 0 radical (unpaired) electrons. The van der Waals surface area contributed by atoms with E-state index in [0.717, 1.165) is 39.3 Å². The molecule has 0 spiro atoms. The second-order valence-corrected chi connectivity index (χ2v) is 6.77. The summed E-state index contributed by atoms with van der Waals surface area (Å²) in [6, 6.07) is 25.9. The van der Waals surface area contributed by atoms with Crippen LogP contribution in [0.2, 0.25) is 0 Å². The molecular formula is C25H18N2O2. The molecule has 4 nitrogen and oxygen atoms in total. The lowest BCUT2D eigenvalue weighted by molar-refractivity contribution is 0.585. The molecule has 5 rings (SSSR count). The Balaban J connectivity index is 1.52. The third-order valence-corrected chi connectivity index (χ3v) is 4.92. The second kappa shape index (κ2) is 7.24. The molecule has 2 aromatic heterocycles. The van der Waals surface area contributed by atoms with Crippen molar-refractivity contribution in [2.45, 2.75) is 6.92 Å². The maximum atomic E-state index is 6.04. The van der Waals surface area contributed by atoms with Crippen molar-refractivity contribution in [1.82, 2.24) is 9.97 Å². The van der Waals surface area contributed by atoms with Gasteiger partial charge >= 0.3 is 0 Å². The van der Waals surface area contributed by atoms with Crippen LogP contribution in [0, 0.1) is 6.92 Å². The number of aromatic nitrogens is 2. The van der Waals surface area contributed by atoms with Gasteiger partial charge in [-0.1, -0.05) is 66.7 Å². The van der Waals surface area contributed by atoms with Crippen LogP contribution in [0.3, 0.4) is 0 Å². The van der Waals surface area contributed by atoms with Crippen LogP contribution in [0.4, 0.5) is 0 Å². The zero-order valence-electron chi connectivity index (χ0n) is 15.9. The average Bonchev–Trinajstić information content (AvgIpc) is 3.46. The zero-order valence-corrected chi connectivity index (χ0v) is 15.9. The van der Waals surface area contributed by atoms with Gasteiger partial charge in [-0.15, -0.1) is 0 Å². The topological polar surface area (TPSA) is 52.1 Å². The van der Waals surface area contributed by atoms with Gasteiger partial charge in [0.05, 0.1) is 12.4 Å². The molecule has 0 saturated heterocycles. The summed E-state index contributed by atoms with van der Waals surface area (Å²) in [6.07, 6.45) is 3.52. The molecule has 3 aromatic carbocycles. The predicted molar refractivity (Wildman–Crippen MR) is 113 cm³/mol. The van der Waals surface area contributed by atoms with Gasteiger partial charge in [-0.05, 0) is 24.6 Å². The Morgan fingerprint density at radius 2 is 1.00 bits per heavy atom. The molecule has 0 aliphatic rings. The first kappa shape index (κ1) is 17.2. The first-order valence-corrected chi connectivity index (χ1v) is 9.42. The highest BCUT2D eigenvalue weighted by Gasteiger charge is 2.16. The molecule has 0 atom stereocenters. The molecule has 0 N–H and O–H groups in total. The summed E-state index contributed by atoms with van der Waals surface area (Å²) in [5, 5.41) is 0. The third kappa shape index (κ3) is 3.25. The van der Waals surface area contributed by atoms with E-state index in [-0.39, 0.29) is 0 Å². The van der Waals surface area contributed by atoms with Crippen LogP contribution < -0.4 is 0 Å². The summed E-state index contributed by atoms with van der Waals surface area (Å²) in [7, 11) is 0. The Hall–Kier alpha value is -3.92. The fourth-order valence-electron chi connectivity index (χ4n) is 3.37. The highest BCUT2D eigenvalue weighted by atomic mass is 16.4. The number of nitrogens with zero attached hydrogens (tertiary/aromatic N) is 2. The van der Waals surface area contributed by atoms with Gasteiger partial charge < -0.3 is 8.83 Å². The standard InChI is InChI=1S/C25H18N2O2/c1-17-20(24-26-15-22(28-24)18-9-4-2-5-10-18)13-8-14-21(17)25-27-16-23(29-25)19-11-6-3-7-12-19/h2-16H,1H3. The fourth-order valence-corrected chi connectivity index (χ4v) is 3.37. The lowest BCUT2D eigenvalue weighted by atomic mass is 10.0. The van der Waals surface area contributed by atoms with Crippen molar-refractivity contribution in [3.8, 4) is 45.6 Å². The van der Waals surface area contributed by atoms with Gasteiger partial charge in [-0.3, -0.25) is 0 Å². The minimum atomic E-state index is 0.582. The lowest BCUT2D eigenvalue weighted by Gasteiger charge is -2.06. The largest absolute Gasteiger partial charge is 0.436 e. The molecule has 0 bridgehead atoms. The molecule has 4 heteroatoms. The second-order valence-electron chi connectivity index (χ2n) is 6.77. The maximum absolute atomic E-state index is 6.04. The van der Waals surface area contributed by atoms with Crippen molar-refractivity contribution in [2.24, 2.45) is 0 Å². The van der Waals surface area contributed by atoms with Crippen LogP contribution in [0.15, 0.2) is 100 Å². The van der Waals surface area contributed by atoms with Crippen LogP contribution in [-0.2, 0) is 0 Å². The van der Waals surface area contributed by atoms with Crippen molar-refractivity contribution in [1.29, 1.82) is 0 Å². The van der Waals surface area contributed by atoms with Gasteiger partial charge in [-0.25, -0.2) is 9.97 Å². The van der Waals surface area contributed by atoms with Crippen molar-refractivity contribution in [3.63, 3.8) is 0 Å². The summed E-state index contributed by atoms with van der Waals surface area (Å²) in [5.74, 6) is 2.65. The number of rotatable bonds is 4. The summed E-state index contributed by atoms with van der Waals surface area (Å²) >= 11 is 0. The van der Waals surface area contributed by atoms with Gasteiger partial charge in [0.25, 0.3) is 0 Å². The Labute approximate surface area is 168 Å². The third-order valence-electron chi connectivity index (χ3n) is 4.92. The molecule has 0 aliphatic carbocycles. The SMILES string of the molecule is Cc1c(-c2ncc(-c3ccccc3)o2)cccc1-c1ncc(-c2ccccc2)o1. The predicted octanol–water partition coefficient (Wildman–Crippen LogP) is 6.64. The summed E-state index contributed by atoms with van der Waals surface area (Å²) in [4.78, 5) is 8.99. The average molecular weight is 378 g/mol. The number of hydrogen-bond acceptors (Lipinski definition) is 4. The van der Waals surface area contributed by atoms with Crippen LogP contribution in [0.5, 0.6) is 0 Å². The zero-order chi connectivity index (χ0) is 19.6. The Kier molecular flexibility index (Phi) is 4.30. The minimum Gasteiger partial charge on any atom is -0.436 e. The van der Waals surface area contributed by atoms with Crippen LogP contribution in [0.1, 0.15) is 5.56 Å². The van der Waals surface area contributed by atoms with Gasteiger partial charge in [0.2, 0.25) is 11.8 Å². The summed E-state index contributed by atoms with van der Waals surface area (Å²) < 4.78 is 12.1. The first-order valence-electron chi connectivity index (χ1n) is 9.42. The molecule has 140 valence electrons. The van der Waals surface area contributed by atoms with Crippen LogP contribution in [-0.4, -0.2) is 9.97 Å². The van der Waals surface area contributed by atoms with Crippen molar-refractivity contribution in [2.75, 3.05) is 0 Å². The normalized spacial score (nSPS) is 10.9. The van der Waals surface area contributed by atoms with Crippen molar-refractivity contribution >= 4 is 0 Å². The highest BCUT2D eigenvalue weighted by molar-refractivity contribution is 5.73. The van der Waals surface area contributed by atoms with E-state index in [1.807, 2.05) is 85.8 Å². The Morgan fingerprint density at radius 1 is 0.552 bits per heavy atom. The number of benzene rings is 3. The molecule has 0 fully saturated rings. The molecule has 0 saturated carbocycles. The van der Waals surface area contributed by atoms with Gasteiger partial charge in [0, 0.05) is 22.3 Å². The first-order chi connectivity index (χ1) is 14.3. The molecule has 0 aliphatic heterocycles. The van der Waals surface area contributed by atoms with E-state index in [1.165, 1.54) is 0 Å². The van der Waals surface area contributed by atoms with Crippen LogP contribution in [0.25, 0.3) is 45.6 Å². The monoisotopic (exact) mass is 378 g/mol. The molecular weight excluding hydrogens is 360 g/mol. The quantitative estimate of drug-likeness (QED) is 0.352. The van der Waals surface area contributed by atoms with Crippen LogP contribution >= 0.6 is 0 Å². The van der Waals surface area contributed by atoms with E-state index in [2.05, 4.69) is 9.97 Å². The number of oxazole rings is 2. The highest BCUT2D eigenvalue weighted by Crippen LogP contribution is 2.34. The van der Waals surface area contributed by atoms with E-state index < -0.39 is 0 Å². The van der Waals surface area contributed by atoms with Gasteiger partial charge in [0.15, 0.2) is 11.5 Å². The summed E-state index contributed by atoms with van der Waals surface area (Å²) in [6.45, 7) is 2.03.